The third-order valence-corrected chi connectivity index (χ3v) is 5.83. The zero-order valence-corrected chi connectivity index (χ0v) is 16.9. The lowest BCUT2D eigenvalue weighted by molar-refractivity contribution is -0.305. The summed E-state index contributed by atoms with van der Waals surface area (Å²) < 4.78 is 6.95. The lowest BCUT2D eigenvalue weighted by Gasteiger charge is -2.13. The van der Waals surface area contributed by atoms with Gasteiger partial charge in [0, 0.05) is 11.5 Å². The Bertz CT molecular complexity index is 1180. The van der Waals surface area contributed by atoms with E-state index in [1.165, 1.54) is 0 Å². The molecule has 4 aromatic rings. The molecule has 29 heavy (non-hydrogen) atoms. The third-order valence-electron chi connectivity index (χ3n) is 4.72. The number of carbonyl (C=O) groups is 1. The van der Waals surface area contributed by atoms with Gasteiger partial charge in [-0.15, -0.1) is 11.3 Å². The highest BCUT2D eigenvalue weighted by Gasteiger charge is 2.13. The third kappa shape index (κ3) is 4.15. The van der Waals surface area contributed by atoms with Crippen molar-refractivity contribution >= 4 is 49.9 Å². The van der Waals surface area contributed by atoms with Crippen molar-refractivity contribution in [2.75, 3.05) is 6.61 Å². The quantitative estimate of drug-likeness (QED) is 0.440. The standard InChI is InChI=1S/C24H21NO3S/c1-2-28-21-13-11-16-7-3-4-8-18(16)19(21)15-17(12-14-23(26)27)24-25-20-9-5-6-10-22(20)29-24/h3-11,13,15H,2,12,14H2,1H3,(H,26,27)/p-1/b17-15+. The summed E-state index contributed by atoms with van der Waals surface area (Å²) in [5.41, 5.74) is 2.72. The van der Waals surface area contributed by atoms with Crippen molar-refractivity contribution in [1.29, 1.82) is 0 Å². The number of aliphatic carboxylic acids is 1. The van der Waals surface area contributed by atoms with Gasteiger partial charge in [-0.25, -0.2) is 4.98 Å². The topological polar surface area (TPSA) is 62.2 Å². The average Bonchev–Trinajstić information content (AvgIpc) is 3.16. The highest BCUT2D eigenvalue weighted by molar-refractivity contribution is 7.19. The van der Waals surface area contributed by atoms with Gasteiger partial charge in [0.2, 0.25) is 0 Å². The number of carboxylic acids is 1. The SMILES string of the molecule is CCOc1ccc2ccccc2c1/C=C(\CCC(=O)[O-])c1nc2ccccc2s1. The second-order valence-corrected chi connectivity index (χ2v) is 7.69. The van der Waals surface area contributed by atoms with Crippen molar-refractivity contribution in [3.63, 3.8) is 0 Å². The van der Waals surface area contributed by atoms with Crippen LogP contribution in [0.1, 0.15) is 30.3 Å². The molecule has 0 unspecified atom stereocenters. The summed E-state index contributed by atoms with van der Waals surface area (Å²) in [7, 11) is 0. The van der Waals surface area contributed by atoms with Crippen molar-refractivity contribution in [3.05, 3.63) is 71.2 Å². The van der Waals surface area contributed by atoms with Gasteiger partial charge in [-0.1, -0.05) is 42.5 Å². The molecule has 4 rings (SSSR count). The Morgan fingerprint density at radius 3 is 2.66 bits per heavy atom. The van der Waals surface area contributed by atoms with Crippen LogP contribution in [0.15, 0.2) is 60.7 Å². The summed E-state index contributed by atoms with van der Waals surface area (Å²) in [5, 5.41) is 14.1. The van der Waals surface area contributed by atoms with E-state index in [0.717, 1.165) is 42.9 Å². The first kappa shape index (κ1) is 19.2. The molecule has 0 aliphatic carbocycles. The van der Waals surface area contributed by atoms with E-state index in [1.807, 2.05) is 61.5 Å². The van der Waals surface area contributed by atoms with Gasteiger partial charge < -0.3 is 14.6 Å². The molecule has 0 bridgehead atoms. The van der Waals surface area contributed by atoms with Crippen LogP contribution >= 0.6 is 11.3 Å². The first-order valence-corrected chi connectivity index (χ1v) is 10.4. The van der Waals surface area contributed by atoms with Gasteiger partial charge in [-0.05, 0) is 60.4 Å². The number of ether oxygens (including phenoxy) is 1. The number of benzene rings is 3. The molecule has 0 saturated carbocycles. The van der Waals surface area contributed by atoms with Gasteiger partial charge in [0.1, 0.15) is 10.8 Å². The first-order chi connectivity index (χ1) is 14.2. The molecule has 0 radical (unpaired) electrons. The summed E-state index contributed by atoms with van der Waals surface area (Å²) in [6, 6.07) is 20.0. The molecule has 3 aromatic carbocycles. The van der Waals surface area contributed by atoms with Crippen LogP contribution in [0.5, 0.6) is 5.75 Å². The van der Waals surface area contributed by atoms with Gasteiger partial charge >= 0.3 is 0 Å². The van der Waals surface area contributed by atoms with Crippen LogP contribution in [-0.4, -0.2) is 17.6 Å². The molecule has 0 aliphatic heterocycles. The summed E-state index contributed by atoms with van der Waals surface area (Å²) in [6.45, 7) is 2.50. The number of hydrogen-bond acceptors (Lipinski definition) is 5. The van der Waals surface area contributed by atoms with Crippen molar-refractivity contribution < 1.29 is 14.6 Å². The Labute approximate surface area is 173 Å². The Morgan fingerprint density at radius 2 is 1.86 bits per heavy atom. The Kier molecular flexibility index (Phi) is 5.58. The number of nitrogens with zero attached hydrogens (tertiary/aromatic N) is 1. The van der Waals surface area contributed by atoms with Gasteiger partial charge in [-0.2, -0.15) is 0 Å². The smallest absolute Gasteiger partial charge is 0.127 e. The molecule has 0 spiro atoms. The molecular formula is C24H20NO3S-. The highest BCUT2D eigenvalue weighted by atomic mass is 32.1. The van der Waals surface area contributed by atoms with Crippen molar-refractivity contribution in [2.45, 2.75) is 19.8 Å². The molecule has 0 amide bonds. The predicted molar refractivity (Wildman–Crippen MR) is 117 cm³/mol. The maximum absolute atomic E-state index is 11.2. The monoisotopic (exact) mass is 402 g/mol. The van der Waals surface area contributed by atoms with E-state index in [4.69, 9.17) is 9.72 Å². The van der Waals surface area contributed by atoms with Crippen LogP contribution in [0.2, 0.25) is 0 Å². The minimum absolute atomic E-state index is 0.0590. The van der Waals surface area contributed by atoms with Gasteiger partial charge in [0.25, 0.3) is 0 Å². The average molecular weight is 402 g/mol. The van der Waals surface area contributed by atoms with Crippen LogP contribution in [0.3, 0.4) is 0 Å². The molecule has 1 aromatic heterocycles. The molecule has 0 atom stereocenters. The van der Waals surface area contributed by atoms with Crippen molar-refractivity contribution in [3.8, 4) is 5.75 Å². The Hall–Kier alpha value is -3.18. The zero-order chi connectivity index (χ0) is 20.2. The molecular weight excluding hydrogens is 382 g/mol. The van der Waals surface area contributed by atoms with E-state index in [2.05, 4.69) is 12.1 Å². The van der Waals surface area contributed by atoms with E-state index in [9.17, 15) is 9.90 Å². The summed E-state index contributed by atoms with van der Waals surface area (Å²) >= 11 is 1.57. The number of thiazole rings is 1. The maximum atomic E-state index is 11.2. The number of fused-ring (bicyclic) bond motifs is 2. The zero-order valence-electron chi connectivity index (χ0n) is 16.1. The van der Waals surface area contributed by atoms with Gasteiger partial charge in [-0.3, -0.25) is 0 Å². The minimum atomic E-state index is -1.07. The number of hydrogen-bond donors (Lipinski definition) is 0. The van der Waals surface area contributed by atoms with Crippen LogP contribution in [0.25, 0.3) is 32.6 Å². The fourth-order valence-corrected chi connectivity index (χ4v) is 4.38. The molecule has 0 fully saturated rings. The lowest BCUT2D eigenvalue weighted by Crippen LogP contribution is -2.21. The normalized spacial score (nSPS) is 11.8. The molecule has 146 valence electrons. The molecule has 4 nitrogen and oxygen atoms in total. The minimum Gasteiger partial charge on any atom is -0.550 e. The number of rotatable bonds is 7. The number of allylic oxidation sites excluding steroid dienone is 1. The maximum Gasteiger partial charge on any atom is 0.127 e. The summed E-state index contributed by atoms with van der Waals surface area (Å²) in [6.07, 6.45) is 2.31. The van der Waals surface area contributed by atoms with Gasteiger partial charge in [0.05, 0.1) is 16.8 Å². The first-order valence-electron chi connectivity index (χ1n) is 9.56. The van der Waals surface area contributed by atoms with E-state index >= 15 is 0 Å². The molecule has 0 N–H and O–H groups in total. The Morgan fingerprint density at radius 1 is 1.07 bits per heavy atom. The van der Waals surface area contributed by atoms with Crippen molar-refractivity contribution in [2.24, 2.45) is 0 Å². The predicted octanol–water partition coefficient (Wildman–Crippen LogP) is 4.92. The van der Waals surface area contributed by atoms with Crippen LogP contribution in [0.4, 0.5) is 0 Å². The van der Waals surface area contributed by atoms with Gasteiger partial charge in [0.15, 0.2) is 0 Å². The molecule has 0 aliphatic rings. The largest absolute Gasteiger partial charge is 0.550 e. The molecule has 1 heterocycles. The van der Waals surface area contributed by atoms with Crippen LogP contribution < -0.4 is 9.84 Å². The highest BCUT2D eigenvalue weighted by Crippen LogP contribution is 2.35. The molecule has 5 heteroatoms. The van der Waals surface area contributed by atoms with E-state index in [1.54, 1.807) is 11.3 Å². The second-order valence-electron chi connectivity index (χ2n) is 6.66. The Balaban J connectivity index is 1.90. The van der Waals surface area contributed by atoms with E-state index in [0.29, 0.717) is 13.0 Å². The number of para-hydroxylation sites is 1. The number of carboxylic acid groups (broad SMARTS) is 1. The van der Waals surface area contributed by atoms with E-state index < -0.39 is 5.97 Å². The summed E-state index contributed by atoms with van der Waals surface area (Å²) in [4.78, 5) is 15.9. The number of carbonyl (C=O) groups excluding carboxylic acids is 1. The number of aromatic nitrogens is 1. The summed E-state index contributed by atoms with van der Waals surface area (Å²) in [5.74, 6) is -0.293. The van der Waals surface area contributed by atoms with Crippen molar-refractivity contribution in [1.82, 2.24) is 4.98 Å². The van der Waals surface area contributed by atoms with Crippen LogP contribution in [-0.2, 0) is 4.79 Å². The van der Waals surface area contributed by atoms with Crippen LogP contribution in [0, 0.1) is 0 Å². The lowest BCUT2D eigenvalue weighted by atomic mass is 9.99. The fraction of sp³-hybridized carbons (Fsp3) is 0.167. The van der Waals surface area contributed by atoms with E-state index in [-0.39, 0.29) is 6.42 Å². The second kappa shape index (κ2) is 8.45. The fourth-order valence-electron chi connectivity index (χ4n) is 3.37. The molecule has 0 saturated heterocycles.